The number of hydrogen-bond acceptors (Lipinski definition) is 5. The highest BCUT2D eigenvalue weighted by Crippen LogP contribution is 2.35. The van der Waals surface area contributed by atoms with Gasteiger partial charge in [0.1, 0.15) is 11.4 Å². The minimum Gasteiger partial charge on any atom is -0.508 e. The van der Waals surface area contributed by atoms with Gasteiger partial charge in [0, 0.05) is 11.1 Å². The third kappa shape index (κ3) is 4.37. The molecule has 3 aromatic carbocycles. The lowest BCUT2D eigenvalue weighted by Crippen LogP contribution is -2.30. The van der Waals surface area contributed by atoms with Crippen LogP contribution < -0.4 is 0 Å². The Balaban J connectivity index is 2.00. The molecule has 0 bridgehead atoms. The molecule has 5 heteroatoms. The van der Waals surface area contributed by atoms with Gasteiger partial charge >= 0.3 is 0 Å². The van der Waals surface area contributed by atoms with Crippen molar-refractivity contribution in [3.8, 4) is 28.5 Å². The zero-order valence-corrected chi connectivity index (χ0v) is 19.7. The molecule has 168 valence electrons. The molecular weight excluding hydrogens is 410 g/mol. The summed E-state index contributed by atoms with van der Waals surface area (Å²) in [4.78, 5) is 14.4. The Morgan fingerprint density at radius 2 is 1.27 bits per heavy atom. The summed E-state index contributed by atoms with van der Waals surface area (Å²) in [6, 6.07) is 18.9. The fourth-order valence-electron chi connectivity index (χ4n) is 4.19. The number of aromatic nitrogens is 3. The molecule has 0 fully saturated rings. The van der Waals surface area contributed by atoms with Crippen LogP contribution in [-0.2, 0) is 5.60 Å². The van der Waals surface area contributed by atoms with Crippen LogP contribution in [0.15, 0.2) is 60.7 Å². The van der Waals surface area contributed by atoms with Crippen LogP contribution >= 0.6 is 0 Å². The van der Waals surface area contributed by atoms with E-state index >= 15 is 0 Å². The Morgan fingerprint density at radius 1 is 0.727 bits per heavy atom. The van der Waals surface area contributed by atoms with Gasteiger partial charge in [0.15, 0.2) is 17.5 Å². The van der Waals surface area contributed by atoms with Crippen LogP contribution in [0, 0.1) is 27.7 Å². The summed E-state index contributed by atoms with van der Waals surface area (Å²) < 4.78 is 0. The maximum atomic E-state index is 11.8. The predicted octanol–water partition coefficient (Wildman–Crippen LogP) is 5.79. The van der Waals surface area contributed by atoms with Crippen LogP contribution in [0.1, 0.15) is 47.0 Å². The van der Waals surface area contributed by atoms with Gasteiger partial charge in [-0.25, -0.2) is 15.0 Å². The fraction of sp³-hybridized carbons (Fsp3) is 0.250. The van der Waals surface area contributed by atoms with E-state index in [1.165, 1.54) is 0 Å². The monoisotopic (exact) mass is 439 g/mol. The van der Waals surface area contributed by atoms with E-state index in [4.69, 9.17) is 15.0 Å². The molecule has 0 amide bonds. The van der Waals surface area contributed by atoms with Crippen LogP contribution in [0.5, 0.6) is 5.75 Å². The summed E-state index contributed by atoms with van der Waals surface area (Å²) in [5.74, 6) is 1.37. The van der Waals surface area contributed by atoms with Gasteiger partial charge in [-0.2, -0.15) is 0 Å². The summed E-state index contributed by atoms with van der Waals surface area (Å²) in [6.07, 6.45) is 0.332. The average Bonchev–Trinajstić information content (AvgIpc) is 2.78. The normalized spacial score (nSPS) is 13.0. The van der Waals surface area contributed by atoms with Gasteiger partial charge in [-0.1, -0.05) is 66.6 Å². The Bertz CT molecular complexity index is 1260. The van der Waals surface area contributed by atoms with E-state index in [-0.39, 0.29) is 11.6 Å². The van der Waals surface area contributed by atoms with Gasteiger partial charge in [0.05, 0.1) is 0 Å². The highest BCUT2D eigenvalue weighted by atomic mass is 16.3. The summed E-state index contributed by atoms with van der Waals surface area (Å²) in [6.45, 7) is 10.0. The van der Waals surface area contributed by atoms with Crippen LogP contribution in [0.4, 0.5) is 0 Å². The first-order valence-corrected chi connectivity index (χ1v) is 11.1. The second kappa shape index (κ2) is 8.75. The molecular formula is C28H29N3O2. The number of phenols is 1. The number of aliphatic hydroxyl groups is 1. The largest absolute Gasteiger partial charge is 0.508 e. The van der Waals surface area contributed by atoms with E-state index in [1.807, 2.05) is 45.0 Å². The summed E-state index contributed by atoms with van der Waals surface area (Å²) >= 11 is 0. The van der Waals surface area contributed by atoms with Gasteiger partial charge in [-0.3, -0.25) is 0 Å². The number of benzene rings is 3. The molecule has 0 saturated heterocycles. The highest BCUT2D eigenvalue weighted by molar-refractivity contribution is 5.66. The second-order valence-electron chi connectivity index (χ2n) is 8.71. The molecule has 0 aliphatic heterocycles. The van der Waals surface area contributed by atoms with Gasteiger partial charge in [-0.15, -0.1) is 0 Å². The van der Waals surface area contributed by atoms with E-state index in [2.05, 4.69) is 26.0 Å². The predicted molar refractivity (Wildman–Crippen MR) is 131 cm³/mol. The maximum absolute atomic E-state index is 11.8. The number of aromatic hydroxyl groups is 1. The Labute approximate surface area is 194 Å². The van der Waals surface area contributed by atoms with E-state index in [0.717, 1.165) is 33.4 Å². The molecule has 1 aromatic heterocycles. The fourth-order valence-corrected chi connectivity index (χ4v) is 4.19. The van der Waals surface area contributed by atoms with Gasteiger partial charge < -0.3 is 10.2 Å². The quantitative estimate of drug-likeness (QED) is 0.411. The van der Waals surface area contributed by atoms with Crippen molar-refractivity contribution in [1.29, 1.82) is 0 Å². The number of hydrogen-bond donors (Lipinski definition) is 2. The van der Waals surface area contributed by atoms with Crippen molar-refractivity contribution < 1.29 is 10.2 Å². The van der Waals surface area contributed by atoms with Crippen molar-refractivity contribution >= 4 is 0 Å². The lowest BCUT2D eigenvalue weighted by molar-refractivity contribution is 0.0666. The van der Waals surface area contributed by atoms with Crippen LogP contribution in [0.3, 0.4) is 0 Å². The molecule has 0 spiro atoms. The number of phenolic OH excluding ortho intramolecular Hbond substituents is 1. The van der Waals surface area contributed by atoms with E-state index in [9.17, 15) is 10.2 Å². The first-order chi connectivity index (χ1) is 15.7. The molecule has 0 radical (unpaired) electrons. The van der Waals surface area contributed by atoms with Crippen molar-refractivity contribution in [1.82, 2.24) is 15.0 Å². The third-order valence-electron chi connectivity index (χ3n) is 6.09. The van der Waals surface area contributed by atoms with Crippen LogP contribution in [-0.4, -0.2) is 25.2 Å². The second-order valence-corrected chi connectivity index (χ2v) is 8.71. The minimum atomic E-state index is -1.48. The summed E-state index contributed by atoms with van der Waals surface area (Å²) in [5.41, 5.74) is 5.26. The van der Waals surface area contributed by atoms with Gasteiger partial charge in [0.25, 0.3) is 0 Å². The first-order valence-electron chi connectivity index (χ1n) is 11.1. The third-order valence-corrected chi connectivity index (χ3v) is 6.09. The number of aryl methyl sites for hydroxylation is 4. The molecule has 0 aliphatic carbocycles. The SMILES string of the molecule is CCC(O)(c1cccc(O)c1)c1nc(-c2ccc(C)cc2C)nc(-c2ccc(C)cc2C)n1. The molecule has 1 atom stereocenters. The van der Waals surface area contributed by atoms with Crippen molar-refractivity contribution in [3.05, 3.63) is 94.3 Å². The highest BCUT2D eigenvalue weighted by Gasteiger charge is 2.34. The summed E-state index contributed by atoms with van der Waals surface area (Å²) in [5, 5.41) is 21.8. The number of rotatable bonds is 5. The molecule has 1 unspecified atom stereocenters. The minimum absolute atomic E-state index is 0.0811. The molecule has 5 nitrogen and oxygen atoms in total. The van der Waals surface area contributed by atoms with Gasteiger partial charge in [-0.05, 0) is 62.9 Å². The topological polar surface area (TPSA) is 79.1 Å². The molecule has 0 aliphatic rings. The summed E-state index contributed by atoms with van der Waals surface area (Å²) in [7, 11) is 0. The Kier molecular flexibility index (Phi) is 6.00. The standard InChI is InChI=1S/C28H29N3O2/c1-6-28(33,21-8-7-9-22(32)16-21)27-30-25(23-12-10-17(2)14-19(23)4)29-26(31-27)24-13-11-18(3)15-20(24)5/h7-16,32-33H,6H2,1-5H3. The Hall–Kier alpha value is -3.57. The lowest BCUT2D eigenvalue weighted by atomic mass is 9.89. The molecule has 2 N–H and O–H groups in total. The molecule has 1 heterocycles. The van der Waals surface area contributed by atoms with Crippen LogP contribution in [0.25, 0.3) is 22.8 Å². The first kappa shape index (κ1) is 22.6. The Morgan fingerprint density at radius 3 is 1.73 bits per heavy atom. The molecule has 4 aromatic rings. The van der Waals surface area contributed by atoms with Crippen molar-refractivity contribution in [2.45, 2.75) is 46.6 Å². The van der Waals surface area contributed by atoms with E-state index in [0.29, 0.717) is 23.6 Å². The lowest BCUT2D eigenvalue weighted by Gasteiger charge is -2.27. The molecule has 4 rings (SSSR count). The van der Waals surface area contributed by atoms with Crippen molar-refractivity contribution in [2.75, 3.05) is 0 Å². The van der Waals surface area contributed by atoms with Crippen molar-refractivity contribution in [2.24, 2.45) is 0 Å². The molecule has 0 saturated carbocycles. The zero-order chi connectivity index (χ0) is 23.8. The van der Waals surface area contributed by atoms with E-state index < -0.39 is 5.60 Å². The maximum Gasteiger partial charge on any atom is 0.169 e. The van der Waals surface area contributed by atoms with Gasteiger partial charge in [0.2, 0.25) is 0 Å². The van der Waals surface area contributed by atoms with Crippen LogP contribution in [0.2, 0.25) is 0 Å². The van der Waals surface area contributed by atoms with Crippen molar-refractivity contribution in [3.63, 3.8) is 0 Å². The number of nitrogens with zero attached hydrogens (tertiary/aromatic N) is 3. The zero-order valence-electron chi connectivity index (χ0n) is 19.7. The van der Waals surface area contributed by atoms with E-state index in [1.54, 1.807) is 24.3 Å². The molecule has 33 heavy (non-hydrogen) atoms. The average molecular weight is 440 g/mol. The smallest absolute Gasteiger partial charge is 0.169 e.